The number of ketones is 1. The van der Waals surface area contributed by atoms with Crippen LogP contribution >= 0.6 is 0 Å². The van der Waals surface area contributed by atoms with E-state index in [1.165, 1.54) is 0 Å². The minimum atomic E-state index is 0.0292. The van der Waals surface area contributed by atoms with E-state index in [9.17, 15) is 4.79 Å². The topological polar surface area (TPSA) is 20.3 Å². The highest BCUT2D eigenvalue weighted by Gasteiger charge is 2.03. The lowest BCUT2D eigenvalue weighted by Crippen LogP contribution is -2.08. The Morgan fingerprint density at radius 3 is 2.44 bits per heavy atom. The second-order valence-electron chi connectivity index (χ2n) is 4.36. The number of carbonyl (C=O) groups excluding carboxylic acids is 1. The van der Waals surface area contributed by atoms with Gasteiger partial charge in [0.05, 0.1) is 0 Å². The summed E-state index contributed by atoms with van der Waals surface area (Å²) in [5, 5.41) is 0. The number of anilines is 1. The van der Waals surface area contributed by atoms with Crippen LogP contribution in [0.25, 0.3) is 0 Å². The lowest BCUT2D eigenvalue weighted by Gasteiger charge is -2.11. The zero-order chi connectivity index (χ0) is 13.0. The van der Waals surface area contributed by atoms with Crippen LogP contribution in [0.1, 0.15) is 10.4 Å². The molecule has 0 unspecified atom stereocenters. The van der Waals surface area contributed by atoms with Crippen molar-refractivity contribution in [2.45, 2.75) is 0 Å². The van der Waals surface area contributed by atoms with Crippen LogP contribution in [0.4, 0.5) is 5.69 Å². The molecule has 2 heteroatoms. The van der Waals surface area contributed by atoms with Gasteiger partial charge in [-0.2, -0.15) is 0 Å². The van der Waals surface area contributed by atoms with Crippen LogP contribution in [-0.4, -0.2) is 19.9 Å². The quantitative estimate of drug-likeness (QED) is 0.593. The highest BCUT2D eigenvalue weighted by molar-refractivity contribution is 6.05. The first-order valence-corrected chi connectivity index (χ1v) is 5.88. The predicted molar refractivity (Wildman–Crippen MR) is 75.8 cm³/mol. The Kier molecular flexibility index (Phi) is 3.78. The molecule has 0 N–H and O–H groups in total. The standard InChI is InChI=1S/C16H16NO/c1-17(2)15-10-8-14(9-11-15)16(18)12-7-13-5-3-4-6-13/h3-12H,1-2H3/b12-7+. The van der Waals surface area contributed by atoms with Crippen molar-refractivity contribution in [2.75, 3.05) is 19.0 Å². The van der Waals surface area contributed by atoms with E-state index < -0.39 is 0 Å². The van der Waals surface area contributed by atoms with Gasteiger partial charge in [0, 0.05) is 31.8 Å². The molecule has 0 amide bonds. The third kappa shape index (κ3) is 2.98. The van der Waals surface area contributed by atoms with Crippen molar-refractivity contribution in [3.63, 3.8) is 0 Å². The molecule has 0 saturated carbocycles. The van der Waals surface area contributed by atoms with E-state index in [1.807, 2.05) is 74.0 Å². The summed E-state index contributed by atoms with van der Waals surface area (Å²) in [5.41, 5.74) is 2.85. The molecule has 0 aliphatic heterocycles. The number of carbonyl (C=O) groups is 1. The van der Waals surface area contributed by atoms with Gasteiger partial charge >= 0.3 is 0 Å². The van der Waals surface area contributed by atoms with Crippen LogP contribution in [0.15, 0.2) is 60.2 Å². The molecule has 0 aromatic heterocycles. The van der Waals surface area contributed by atoms with Crippen molar-refractivity contribution < 1.29 is 4.79 Å². The first-order chi connectivity index (χ1) is 8.66. The van der Waals surface area contributed by atoms with Crippen LogP contribution in [0, 0.1) is 6.42 Å². The Morgan fingerprint density at radius 1 is 1.17 bits per heavy atom. The molecule has 0 spiro atoms. The van der Waals surface area contributed by atoms with E-state index in [4.69, 9.17) is 0 Å². The molecular weight excluding hydrogens is 222 g/mol. The van der Waals surface area contributed by atoms with Gasteiger partial charge in [-0.15, -0.1) is 0 Å². The van der Waals surface area contributed by atoms with Crippen molar-refractivity contribution in [3.05, 3.63) is 72.2 Å². The van der Waals surface area contributed by atoms with E-state index in [2.05, 4.69) is 0 Å². The minimum absolute atomic E-state index is 0.0292. The van der Waals surface area contributed by atoms with Gasteiger partial charge < -0.3 is 4.90 Å². The summed E-state index contributed by atoms with van der Waals surface area (Å²) in [6.45, 7) is 0. The number of hydrogen-bond acceptors (Lipinski definition) is 2. The zero-order valence-corrected chi connectivity index (χ0v) is 10.6. The number of rotatable bonds is 4. The molecule has 2 nitrogen and oxygen atoms in total. The fourth-order valence-corrected chi connectivity index (χ4v) is 1.69. The largest absolute Gasteiger partial charge is 0.378 e. The van der Waals surface area contributed by atoms with Crippen molar-refractivity contribution in [2.24, 2.45) is 0 Å². The summed E-state index contributed by atoms with van der Waals surface area (Å²) in [4.78, 5) is 13.9. The van der Waals surface area contributed by atoms with Gasteiger partial charge in [-0.05, 0) is 35.9 Å². The first kappa shape index (κ1) is 12.4. The zero-order valence-electron chi connectivity index (χ0n) is 10.6. The van der Waals surface area contributed by atoms with Crippen LogP contribution in [0.5, 0.6) is 0 Å². The molecule has 1 aromatic rings. The molecule has 2 rings (SSSR count). The maximum atomic E-state index is 11.9. The van der Waals surface area contributed by atoms with Crippen molar-refractivity contribution in [3.8, 4) is 0 Å². The SMILES string of the molecule is CN(C)c1ccc(C(=O)/C=C/C2=C[CH]C=C2)cc1. The van der Waals surface area contributed by atoms with Gasteiger partial charge in [0.2, 0.25) is 0 Å². The normalized spacial score (nSPS) is 14.0. The molecule has 1 aliphatic carbocycles. The second kappa shape index (κ2) is 5.50. The Labute approximate surface area is 108 Å². The Bertz CT molecular complexity index is 519. The molecule has 0 saturated heterocycles. The summed E-state index contributed by atoms with van der Waals surface area (Å²) in [6, 6.07) is 7.60. The molecule has 18 heavy (non-hydrogen) atoms. The summed E-state index contributed by atoms with van der Waals surface area (Å²) >= 11 is 0. The maximum Gasteiger partial charge on any atom is 0.185 e. The summed E-state index contributed by atoms with van der Waals surface area (Å²) in [6.07, 6.45) is 11.3. The summed E-state index contributed by atoms with van der Waals surface area (Å²) in [5.74, 6) is 0.0292. The molecular formula is C16H16NO. The average Bonchev–Trinajstić information content (AvgIpc) is 2.89. The van der Waals surface area contributed by atoms with Gasteiger partial charge in [0.25, 0.3) is 0 Å². The van der Waals surface area contributed by atoms with Crippen molar-refractivity contribution in [1.29, 1.82) is 0 Å². The van der Waals surface area contributed by atoms with E-state index >= 15 is 0 Å². The highest BCUT2D eigenvalue weighted by atomic mass is 16.1. The Morgan fingerprint density at radius 2 is 1.89 bits per heavy atom. The third-order valence-electron chi connectivity index (χ3n) is 2.78. The summed E-state index contributed by atoms with van der Waals surface area (Å²) < 4.78 is 0. The molecule has 91 valence electrons. The van der Waals surface area contributed by atoms with Gasteiger partial charge in [-0.1, -0.05) is 24.3 Å². The monoisotopic (exact) mass is 238 g/mol. The Balaban J connectivity index is 2.07. The fourth-order valence-electron chi connectivity index (χ4n) is 1.69. The number of hydrogen-bond donors (Lipinski definition) is 0. The lowest BCUT2D eigenvalue weighted by molar-refractivity contribution is 0.104. The smallest absolute Gasteiger partial charge is 0.185 e. The predicted octanol–water partition coefficient (Wildman–Crippen LogP) is 3.19. The molecule has 0 bridgehead atoms. The van der Waals surface area contributed by atoms with Crippen LogP contribution in [-0.2, 0) is 0 Å². The van der Waals surface area contributed by atoms with Crippen molar-refractivity contribution >= 4 is 11.5 Å². The number of nitrogens with zero attached hydrogens (tertiary/aromatic N) is 1. The van der Waals surface area contributed by atoms with Gasteiger partial charge in [-0.25, -0.2) is 0 Å². The molecule has 0 fully saturated rings. The van der Waals surface area contributed by atoms with Gasteiger partial charge in [-0.3, -0.25) is 4.79 Å². The molecule has 1 aromatic carbocycles. The van der Waals surface area contributed by atoms with Gasteiger partial charge in [0.1, 0.15) is 0 Å². The number of benzene rings is 1. The summed E-state index contributed by atoms with van der Waals surface area (Å²) in [7, 11) is 3.96. The highest BCUT2D eigenvalue weighted by Crippen LogP contribution is 2.14. The molecule has 1 aliphatic rings. The minimum Gasteiger partial charge on any atom is -0.378 e. The number of allylic oxidation sites excluding steroid dienone is 6. The van der Waals surface area contributed by atoms with E-state index in [-0.39, 0.29) is 5.78 Å². The first-order valence-electron chi connectivity index (χ1n) is 5.88. The van der Waals surface area contributed by atoms with Crippen LogP contribution in [0.3, 0.4) is 0 Å². The average molecular weight is 238 g/mol. The van der Waals surface area contributed by atoms with Crippen molar-refractivity contribution in [1.82, 2.24) is 0 Å². The van der Waals surface area contributed by atoms with E-state index in [0.29, 0.717) is 5.56 Å². The van der Waals surface area contributed by atoms with E-state index in [0.717, 1.165) is 11.3 Å². The second-order valence-corrected chi connectivity index (χ2v) is 4.36. The lowest BCUT2D eigenvalue weighted by atomic mass is 10.1. The maximum absolute atomic E-state index is 11.9. The fraction of sp³-hybridized carbons (Fsp3) is 0.125. The molecule has 0 heterocycles. The van der Waals surface area contributed by atoms with Crippen LogP contribution < -0.4 is 4.90 Å². The third-order valence-corrected chi connectivity index (χ3v) is 2.78. The molecule has 1 radical (unpaired) electrons. The molecule has 0 atom stereocenters. The van der Waals surface area contributed by atoms with E-state index in [1.54, 1.807) is 6.08 Å². The van der Waals surface area contributed by atoms with Gasteiger partial charge in [0.15, 0.2) is 5.78 Å². The van der Waals surface area contributed by atoms with Crippen LogP contribution in [0.2, 0.25) is 0 Å². The Hall–Kier alpha value is -2.09.